The predicted molar refractivity (Wildman–Crippen MR) is 130 cm³/mol. The number of ether oxygens (including phenoxy) is 1. The van der Waals surface area contributed by atoms with Crippen molar-refractivity contribution in [3.05, 3.63) is 71.3 Å². The number of nitrogens with zero attached hydrogens (tertiary/aromatic N) is 1. The number of carbonyl (C=O) groups excluding carboxylic acids is 1. The van der Waals surface area contributed by atoms with Crippen molar-refractivity contribution in [3.8, 4) is 5.75 Å². The van der Waals surface area contributed by atoms with Crippen molar-refractivity contribution in [2.45, 2.75) is 56.8 Å². The van der Waals surface area contributed by atoms with Crippen LogP contribution in [0.2, 0.25) is 0 Å². The molecule has 33 heavy (non-hydrogen) atoms. The molecule has 6 heteroatoms. The van der Waals surface area contributed by atoms with Gasteiger partial charge in [-0.3, -0.25) is 4.79 Å². The molecule has 1 fully saturated rings. The van der Waals surface area contributed by atoms with E-state index in [9.17, 15) is 13.2 Å². The summed E-state index contributed by atoms with van der Waals surface area (Å²) >= 11 is 0. The lowest BCUT2D eigenvalue weighted by Crippen LogP contribution is -2.49. The van der Waals surface area contributed by atoms with Crippen molar-refractivity contribution < 1.29 is 17.9 Å². The molecule has 0 radical (unpaired) electrons. The van der Waals surface area contributed by atoms with Gasteiger partial charge in [0.1, 0.15) is 11.5 Å². The van der Waals surface area contributed by atoms with Crippen LogP contribution in [0.5, 0.6) is 5.75 Å². The Kier molecular flexibility index (Phi) is 6.27. The Labute approximate surface area is 197 Å². The van der Waals surface area contributed by atoms with E-state index in [1.807, 2.05) is 42.5 Å². The van der Waals surface area contributed by atoms with Crippen LogP contribution in [0.4, 0.5) is 0 Å². The minimum absolute atomic E-state index is 0.0412. The van der Waals surface area contributed by atoms with Gasteiger partial charge in [-0.25, -0.2) is 8.42 Å². The number of sulfonamides is 1. The third-order valence-corrected chi connectivity index (χ3v) is 8.83. The fourth-order valence-corrected chi connectivity index (χ4v) is 6.47. The highest BCUT2D eigenvalue weighted by Crippen LogP contribution is 2.46. The van der Waals surface area contributed by atoms with Gasteiger partial charge in [-0.1, -0.05) is 56.7 Å². The average Bonchev–Trinajstić information content (AvgIpc) is 2.78. The summed E-state index contributed by atoms with van der Waals surface area (Å²) in [4.78, 5) is 12.5. The van der Waals surface area contributed by atoms with Gasteiger partial charge in [-0.15, -0.1) is 0 Å². The summed E-state index contributed by atoms with van der Waals surface area (Å²) in [7, 11) is -2.01. The van der Waals surface area contributed by atoms with Crippen LogP contribution < -0.4 is 4.74 Å². The fourth-order valence-electron chi connectivity index (χ4n) is 5.00. The van der Waals surface area contributed by atoms with Crippen molar-refractivity contribution in [3.63, 3.8) is 0 Å². The summed E-state index contributed by atoms with van der Waals surface area (Å²) in [5, 5.41) is 0. The number of rotatable bonds is 5. The van der Waals surface area contributed by atoms with E-state index in [0.29, 0.717) is 43.7 Å². The monoisotopic (exact) mass is 467 g/mol. The highest BCUT2D eigenvalue weighted by molar-refractivity contribution is 7.89. The molecule has 0 spiro atoms. The van der Waals surface area contributed by atoms with E-state index < -0.39 is 10.0 Å². The standard InChI is InChI=1S/C27H33NO4S/c1-26(2,3)21-8-10-25(11-9-21)33(30,31)28-15-13-22-17-23(29)12-14-27(22,19-28)18-20-6-5-7-24(16-20)32-4/h5-11,13,16H,12,14-15,17-19H2,1-4H3. The average molecular weight is 468 g/mol. The third kappa shape index (κ3) is 4.78. The molecular formula is C27H33NO4S. The molecule has 5 nitrogen and oxygen atoms in total. The van der Waals surface area contributed by atoms with Crippen LogP contribution in [-0.2, 0) is 26.7 Å². The Morgan fingerprint density at radius 3 is 2.48 bits per heavy atom. The molecule has 2 aliphatic rings. The number of ketones is 1. The Hall–Kier alpha value is -2.44. The largest absolute Gasteiger partial charge is 0.497 e. The maximum atomic E-state index is 13.6. The number of Topliss-reactive ketones (excluding diaryl/α,β-unsaturated/α-hetero) is 1. The van der Waals surface area contributed by atoms with Gasteiger partial charge < -0.3 is 4.74 Å². The van der Waals surface area contributed by atoms with Crippen LogP contribution in [0.25, 0.3) is 0 Å². The van der Waals surface area contributed by atoms with Gasteiger partial charge in [0, 0.05) is 31.3 Å². The van der Waals surface area contributed by atoms with Crippen molar-refractivity contribution in [1.82, 2.24) is 4.31 Å². The molecule has 0 amide bonds. The van der Waals surface area contributed by atoms with E-state index in [1.54, 1.807) is 23.5 Å². The number of carbonyl (C=O) groups is 1. The minimum atomic E-state index is -3.65. The highest BCUT2D eigenvalue weighted by atomic mass is 32.2. The van der Waals surface area contributed by atoms with Crippen LogP contribution in [0.15, 0.2) is 65.1 Å². The van der Waals surface area contributed by atoms with Crippen LogP contribution >= 0.6 is 0 Å². The lowest BCUT2D eigenvalue weighted by molar-refractivity contribution is -0.120. The molecule has 1 atom stereocenters. The molecule has 2 aromatic rings. The summed E-state index contributed by atoms with van der Waals surface area (Å²) in [6.45, 7) is 7.01. The molecule has 0 N–H and O–H groups in total. The van der Waals surface area contributed by atoms with Crippen LogP contribution in [0, 0.1) is 5.41 Å². The maximum Gasteiger partial charge on any atom is 0.243 e. The third-order valence-electron chi connectivity index (χ3n) is 7.01. The lowest BCUT2D eigenvalue weighted by Gasteiger charge is -2.45. The van der Waals surface area contributed by atoms with E-state index in [-0.39, 0.29) is 16.6 Å². The molecule has 4 rings (SSSR count). The fraction of sp³-hybridized carbons (Fsp3) is 0.444. The predicted octanol–water partition coefficient (Wildman–Crippen LogP) is 4.91. The van der Waals surface area contributed by atoms with E-state index in [2.05, 4.69) is 20.8 Å². The van der Waals surface area contributed by atoms with Gasteiger partial charge in [0.05, 0.1) is 12.0 Å². The summed E-state index contributed by atoms with van der Waals surface area (Å²) < 4.78 is 34.2. The number of hydrogen-bond acceptors (Lipinski definition) is 4. The van der Waals surface area contributed by atoms with Crippen molar-refractivity contribution in [1.29, 1.82) is 0 Å². The molecule has 1 aliphatic heterocycles. The zero-order chi connectivity index (χ0) is 23.9. The zero-order valence-electron chi connectivity index (χ0n) is 19.9. The van der Waals surface area contributed by atoms with E-state index >= 15 is 0 Å². The van der Waals surface area contributed by atoms with Gasteiger partial charge in [-0.2, -0.15) is 4.31 Å². The zero-order valence-corrected chi connectivity index (χ0v) is 20.7. The van der Waals surface area contributed by atoms with Crippen molar-refractivity contribution in [2.24, 2.45) is 5.41 Å². The maximum absolute atomic E-state index is 13.6. The SMILES string of the molecule is COc1cccc(CC23CCC(=O)CC2=CCN(S(=O)(=O)c2ccc(C(C)(C)C)cc2)C3)c1. The minimum Gasteiger partial charge on any atom is -0.497 e. The molecule has 1 saturated carbocycles. The Balaban J connectivity index is 1.67. The van der Waals surface area contributed by atoms with Gasteiger partial charge in [-0.05, 0) is 53.6 Å². The Morgan fingerprint density at radius 2 is 1.82 bits per heavy atom. The molecule has 176 valence electrons. The molecule has 0 aromatic heterocycles. The molecular weight excluding hydrogens is 434 g/mol. The topological polar surface area (TPSA) is 63.7 Å². The van der Waals surface area contributed by atoms with Crippen LogP contribution in [0.3, 0.4) is 0 Å². The molecule has 1 heterocycles. The van der Waals surface area contributed by atoms with Crippen LogP contribution in [-0.4, -0.2) is 38.7 Å². The highest BCUT2D eigenvalue weighted by Gasteiger charge is 2.45. The van der Waals surface area contributed by atoms with Crippen LogP contribution in [0.1, 0.15) is 51.2 Å². The molecule has 0 bridgehead atoms. The van der Waals surface area contributed by atoms with E-state index in [4.69, 9.17) is 4.74 Å². The molecule has 1 aliphatic carbocycles. The van der Waals surface area contributed by atoms with Crippen molar-refractivity contribution >= 4 is 15.8 Å². The second-order valence-electron chi connectivity index (χ2n) is 10.3. The number of hydrogen-bond donors (Lipinski definition) is 0. The first-order chi connectivity index (χ1) is 15.5. The van der Waals surface area contributed by atoms with Gasteiger partial charge in [0.15, 0.2) is 0 Å². The second-order valence-corrected chi connectivity index (χ2v) is 12.3. The summed E-state index contributed by atoms with van der Waals surface area (Å²) in [5.41, 5.74) is 2.85. The van der Waals surface area contributed by atoms with E-state index in [1.165, 1.54) is 0 Å². The molecule has 0 saturated heterocycles. The number of fused-ring (bicyclic) bond motifs is 1. The number of methoxy groups -OCH3 is 1. The van der Waals surface area contributed by atoms with E-state index in [0.717, 1.165) is 22.4 Å². The Morgan fingerprint density at radius 1 is 1.09 bits per heavy atom. The Bertz CT molecular complexity index is 1180. The number of benzene rings is 2. The smallest absolute Gasteiger partial charge is 0.243 e. The summed E-state index contributed by atoms with van der Waals surface area (Å²) in [6, 6.07) is 15.2. The summed E-state index contributed by atoms with van der Waals surface area (Å²) in [5.74, 6) is 1.01. The van der Waals surface area contributed by atoms with Gasteiger partial charge >= 0.3 is 0 Å². The normalized spacial score (nSPS) is 21.9. The summed E-state index contributed by atoms with van der Waals surface area (Å²) in [6.07, 6.45) is 4.21. The quantitative estimate of drug-likeness (QED) is 0.587. The first-order valence-corrected chi connectivity index (χ1v) is 12.9. The molecule has 2 aromatic carbocycles. The van der Waals surface area contributed by atoms with Gasteiger partial charge in [0.25, 0.3) is 0 Å². The second kappa shape index (κ2) is 8.73. The molecule has 1 unspecified atom stereocenters. The first-order valence-electron chi connectivity index (χ1n) is 11.5. The van der Waals surface area contributed by atoms with Gasteiger partial charge in [0.2, 0.25) is 10.0 Å². The lowest BCUT2D eigenvalue weighted by atomic mass is 9.65. The van der Waals surface area contributed by atoms with Crippen molar-refractivity contribution in [2.75, 3.05) is 20.2 Å². The first kappa shape index (κ1) is 23.7.